The molecule has 0 spiro atoms. The van der Waals surface area contributed by atoms with Gasteiger partial charge in [0, 0.05) is 65.4 Å². The Morgan fingerprint density at radius 1 is 0.906 bits per heavy atom. The molecule has 32 heavy (non-hydrogen) atoms. The largest absolute Gasteiger partial charge is 0.357 e. The first kappa shape index (κ1) is 25.3. The number of piperazine rings is 1. The zero-order chi connectivity index (χ0) is 22.8. The van der Waals surface area contributed by atoms with Gasteiger partial charge in [0.15, 0.2) is 5.96 Å². The van der Waals surface area contributed by atoms with E-state index in [9.17, 15) is 4.79 Å². The van der Waals surface area contributed by atoms with E-state index < -0.39 is 0 Å². The standard InChI is InChI=1S/C25H48N6O/c1-4-26-25(27-18-23-10-9-11-29(20-23)19-22(2)3)31-16-14-28(15-17-31)21-24(32)30-12-7-5-6-8-13-30/h22-23H,4-21H2,1-3H3,(H,26,27). The fourth-order valence-corrected chi connectivity index (χ4v) is 5.35. The molecule has 0 aromatic heterocycles. The first-order chi connectivity index (χ1) is 15.5. The third-order valence-electron chi connectivity index (χ3n) is 7.05. The van der Waals surface area contributed by atoms with Gasteiger partial charge in [0.1, 0.15) is 0 Å². The number of aliphatic imine (C=N–C) groups is 1. The summed E-state index contributed by atoms with van der Waals surface area (Å²) in [5.41, 5.74) is 0. The quantitative estimate of drug-likeness (QED) is 0.479. The van der Waals surface area contributed by atoms with Crippen LogP contribution in [0.1, 0.15) is 59.3 Å². The first-order valence-corrected chi connectivity index (χ1v) is 13.3. The molecular formula is C25H48N6O. The predicted molar refractivity (Wildman–Crippen MR) is 133 cm³/mol. The normalized spacial score (nSPS) is 24.6. The molecular weight excluding hydrogens is 400 g/mol. The first-order valence-electron chi connectivity index (χ1n) is 13.3. The molecule has 0 bridgehead atoms. The number of nitrogens with zero attached hydrogens (tertiary/aromatic N) is 5. The molecule has 3 aliphatic heterocycles. The molecule has 0 radical (unpaired) electrons. The fourth-order valence-electron chi connectivity index (χ4n) is 5.35. The van der Waals surface area contributed by atoms with Crippen LogP contribution < -0.4 is 5.32 Å². The lowest BCUT2D eigenvalue weighted by Crippen LogP contribution is -2.54. The topological polar surface area (TPSA) is 54.4 Å². The van der Waals surface area contributed by atoms with Crippen molar-refractivity contribution in [3.63, 3.8) is 0 Å². The van der Waals surface area contributed by atoms with Crippen molar-refractivity contribution in [3.8, 4) is 0 Å². The lowest BCUT2D eigenvalue weighted by molar-refractivity contribution is -0.132. The summed E-state index contributed by atoms with van der Waals surface area (Å²) in [5, 5.41) is 3.52. The summed E-state index contributed by atoms with van der Waals surface area (Å²) >= 11 is 0. The van der Waals surface area contributed by atoms with Crippen LogP contribution in [0.5, 0.6) is 0 Å². The molecule has 1 N–H and O–H groups in total. The number of guanidine groups is 1. The Morgan fingerprint density at radius 3 is 2.28 bits per heavy atom. The van der Waals surface area contributed by atoms with Crippen LogP contribution in [0.15, 0.2) is 4.99 Å². The second-order valence-electron chi connectivity index (χ2n) is 10.4. The molecule has 0 aromatic rings. The van der Waals surface area contributed by atoms with Gasteiger partial charge in [0.05, 0.1) is 6.54 Å². The highest BCUT2D eigenvalue weighted by Crippen LogP contribution is 2.18. The van der Waals surface area contributed by atoms with Gasteiger partial charge >= 0.3 is 0 Å². The van der Waals surface area contributed by atoms with Gasteiger partial charge in [-0.15, -0.1) is 0 Å². The maximum Gasteiger partial charge on any atom is 0.236 e. The van der Waals surface area contributed by atoms with Crippen molar-refractivity contribution in [1.82, 2.24) is 24.9 Å². The van der Waals surface area contributed by atoms with Crippen LogP contribution in [-0.2, 0) is 4.79 Å². The Morgan fingerprint density at radius 2 is 1.62 bits per heavy atom. The van der Waals surface area contributed by atoms with E-state index in [1.807, 2.05) is 0 Å². The van der Waals surface area contributed by atoms with E-state index in [1.54, 1.807) is 0 Å². The van der Waals surface area contributed by atoms with Gasteiger partial charge in [-0.1, -0.05) is 26.7 Å². The minimum Gasteiger partial charge on any atom is -0.357 e. The van der Waals surface area contributed by atoms with Crippen molar-refractivity contribution in [2.75, 3.05) is 78.5 Å². The van der Waals surface area contributed by atoms with Crippen LogP contribution in [0, 0.1) is 11.8 Å². The van der Waals surface area contributed by atoms with E-state index in [1.165, 1.54) is 45.3 Å². The van der Waals surface area contributed by atoms with Crippen LogP contribution in [0.3, 0.4) is 0 Å². The molecule has 1 amide bonds. The Hall–Kier alpha value is -1.34. The van der Waals surface area contributed by atoms with Crippen molar-refractivity contribution in [3.05, 3.63) is 0 Å². The van der Waals surface area contributed by atoms with E-state index in [0.29, 0.717) is 18.4 Å². The Balaban J connectivity index is 1.45. The third-order valence-corrected chi connectivity index (χ3v) is 7.05. The Bertz CT molecular complexity index is 579. The zero-order valence-electron chi connectivity index (χ0n) is 21.0. The highest BCUT2D eigenvalue weighted by Gasteiger charge is 2.25. The molecule has 7 heteroatoms. The second-order valence-corrected chi connectivity index (χ2v) is 10.4. The predicted octanol–water partition coefficient (Wildman–Crippen LogP) is 2.34. The number of nitrogens with one attached hydrogen (secondary N) is 1. The lowest BCUT2D eigenvalue weighted by Gasteiger charge is -2.37. The van der Waals surface area contributed by atoms with Gasteiger partial charge in [0.25, 0.3) is 0 Å². The minimum atomic E-state index is 0.323. The van der Waals surface area contributed by atoms with E-state index in [4.69, 9.17) is 4.99 Å². The van der Waals surface area contributed by atoms with E-state index in [-0.39, 0.29) is 0 Å². The summed E-state index contributed by atoms with van der Waals surface area (Å²) in [7, 11) is 0. The monoisotopic (exact) mass is 448 g/mol. The molecule has 3 rings (SSSR count). The third kappa shape index (κ3) is 8.22. The summed E-state index contributed by atoms with van der Waals surface area (Å²) in [5.74, 6) is 2.79. The number of carbonyl (C=O) groups is 1. The molecule has 0 saturated carbocycles. The van der Waals surface area contributed by atoms with Gasteiger partial charge in [-0.05, 0) is 51.0 Å². The number of hydrogen-bond donors (Lipinski definition) is 1. The molecule has 3 heterocycles. The van der Waals surface area contributed by atoms with Gasteiger partial charge < -0.3 is 20.0 Å². The highest BCUT2D eigenvalue weighted by atomic mass is 16.2. The number of amides is 1. The molecule has 1 unspecified atom stereocenters. The maximum absolute atomic E-state index is 12.7. The van der Waals surface area contributed by atoms with E-state index in [2.05, 4.69) is 45.7 Å². The fraction of sp³-hybridized carbons (Fsp3) is 0.920. The van der Waals surface area contributed by atoms with Crippen molar-refractivity contribution >= 4 is 11.9 Å². The lowest BCUT2D eigenvalue weighted by atomic mass is 9.97. The van der Waals surface area contributed by atoms with Crippen molar-refractivity contribution in [1.29, 1.82) is 0 Å². The van der Waals surface area contributed by atoms with Crippen molar-refractivity contribution in [2.24, 2.45) is 16.8 Å². The van der Waals surface area contributed by atoms with Gasteiger partial charge in [-0.25, -0.2) is 0 Å². The zero-order valence-corrected chi connectivity index (χ0v) is 21.0. The molecule has 0 aliphatic carbocycles. The summed E-state index contributed by atoms with van der Waals surface area (Å²) in [6, 6.07) is 0. The van der Waals surface area contributed by atoms with Crippen LogP contribution in [0.25, 0.3) is 0 Å². The number of likely N-dealkylation sites (tertiary alicyclic amines) is 2. The van der Waals surface area contributed by atoms with Crippen LogP contribution >= 0.6 is 0 Å². The number of carbonyl (C=O) groups excluding carboxylic acids is 1. The van der Waals surface area contributed by atoms with Gasteiger partial charge in [0.2, 0.25) is 5.91 Å². The summed E-state index contributed by atoms with van der Waals surface area (Å²) < 4.78 is 0. The number of piperidine rings is 1. The Labute approximate surface area is 196 Å². The summed E-state index contributed by atoms with van der Waals surface area (Å²) in [4.78, 5) is 27.2. The van der Waals surface area contributed by atoms with Crippen LogP contribution in [-0.4, -0.2) is 110 Å². The molecule has 3 saturated heterocycles. The molecule has 0 aromatic carbocycles. The molecule has 184 valence electrons. The number of hydrogen-bond acceptors (Lipinski definition) is 4. The van der Waals surface area contributed by atoms with Crippen LogP contribution in [0.4, 0.5) is 0 Å². The molecule has 7 nitrogen and oxygen atoms in total. The van der Waals surface area contributed by atoms with Gasteiger partial charge in [-0.3, -0.25) is 14.7 Å². The SMILES string of the molecule is CCNC(=NCC1CCCN(CC(C)C)C1)N1CCN(CC(=O)N2CCCCCC2)CC1. The van der Waals surface area contributed by atoms with Crippen LogP contribution in [0.2, 0.25) is 0 Å². The average Bonchev–Trinajstić information content (AvgIpc) is 3.07. The smallest absolute Gasteiger partial charge is 0.236 e. The summed E-state index contributed by atoms with van der Waals surface area (Å²) in [6.45, 7) is 18.5. The molecule has 3 aliphatic rings. The van der Waals surface area contributed by atoms with E-state index >= 15 is 0 Å². The molecule has 1 atom stereocenters. The molecule has 3 fully saturated rings. The highest BCUT2D eigenvalue weighted by molar-refractivity contribution is 5.80. The van der Waals surface area contributed by atoms with Crippen molar-refractivity contribution < 1.29 is 4.79 Å². The maximum atomic E-state index is 12.7. The minimum absolute atomic E-state index is 0.323. The van der Waals surface area contributed by atoms with E-state index in [0.717, 1.165) is 77.1 Å². The second kappa shape index (κ2) is 13.4. The van der Waals surface area contributed by atoms with Gasteiger partial charge in [-0.2, -0.15) is 0 Å². The summed E-state index contributed by atoms with van der Waals surface area (Å²) in [6.07, 6.45) is 7.46. The Kier molecular flexibility index (Phi) is 10.6. The average molecular weight is 449 g/mol. The van der Waals surface area contributed by atoms with Crippen molar-refractivity contribution in [2.45, 2.75) is 59.3 Å². The number of rotatable bonds is 7.